The monoisotopic (exact) mass is 469 g/mol. The minimum atomic E-state index is -4.48. The Morgan fingerprint density at radius 3 is 2.38 bits per heavy atom. The maximum atomic E-state index is 13.4. The van der Waals surface area contributed by atoms with Crippen molar-refractivity contribution in [3.05, 3.63) is 59.3 Å². The summed E-state index contributed by atoms with van der Waals surface area (Å²) in [4.78, 5) is 17.3. The average molecular weight is 469 g/mol. The van der Waals surface area contributed by atoms with Crippen LogP contribution < -0.4 is 4.90 Å². The number of hydrogen-bond acceptors (Lipinski definition) is 5. The lowest BCUT2D eigenvalue weighted by atomic mass is 10.0. The molecule has 0 saturated carbocycles. The van der Waals surface area contributed by atoms with Crippen molar-refractivity contribution in [2.45, 2.75) is 36.7 Å². The van der Waals surface area contributed by atoms with Crippen LogP contribution >= 0.6 is 0 Å². The first-order valence-electron chi connectivity index (χ1n) is 10.1. The van der Waals surface area contributed by atoms with Crippen molar-refractivity contribution in [3.8, 4) is 0 Å². The normalized spacial score (nSPS) is 24.4. The van der Waals surface area contributed by atoms with Crippen LogP contribution in [0.3, 0.4) is 0 Å². The highest BCUT2D eigenvalue weighted by Gasteiger charge is 2.45. The molecule has 172 valence electrons. The van der Waals surface area contributed by atoms with E-state index in [1.54, 1.807) is 36.1 Å². The largest absolute Gasteiger partial charge is 0.481 e. The van der Waals surface area contributed by atoms with Crippen molar-refractivity contribution >= 4 is 21.8 Å². The zero-order valence-electron chi connectivity index (χ0n) is 17.2. The summed E-state index contributed by atoms with van der Waals surface area (Å²) in [7, 11) is -3.83. The number of piperazine rings is 1. The van der Waals surface area contributed by atoms with Crippen LogP contribution in [0.25, 0.3) is 0 Å². The highest BCUT2D eigenvalue weighted by Crippen LogP contribution is 2.46. The van der Waals surface area contributed by atoms with Gasteiger partial charge in [-0.15, -0.1) is 0 Å². The van der Waals surface area contributed by atoms with Crippen LogP contribution in [0.5, 0.6) is 0 Å². The van der Waals surface area contributed by atoms with E-state index in [9.17, 15) is 31.5 Å². The number of fused-ring (bicyclic) bond motifs is 1. The number of carboxylic acids is 1. The van der Waals surface area contributed by atoms with Crippen molar-refractivity contribution in [1.82, 2.24) is 9.29 Å². The van der Waals surface area contributed by atoms with Crippen LogP contribution in [-0.4, -0.2) is 54.5 Å². The number of halogens is 3. The van der Waals surface area contributed by atoms with Gasteiger partial charge in [0.1, 0.15) is 11.1 Å². The van der Waals surface area contributed by atoms with Gasteiger partial charge in [-0.1, -0.05) is 24.3 Å². The molecule has 1 saturated heterocycles. The predicted molar refractivity (Wildman–Crippen MR) is 111 cm³/mol. The molecule has 2 aromatic rings. The van der Waals surface area contributed by atoms with Gasteiger partial charge >= 0.3 is 12.1 Å². The molecular weight excluding hydrogens is 447 g/mol. The molecule has 11 heteroatoms. The first kappa shape index (κ1) is 22.5. The second-order valence-electron chi connectivity index (χ2n) is 8.09. The molecule has 3 atom stereocenters. The number of carbonyl (C=O) groups is 1. The summed E-state index contributed by atoms with van der Waals surface area (Å²) in [6.07, 6.45) is -3.73. The van der Waals surface area contributed by atoms with Gasteiger partial charge in [-0.25, -0.2) is 13.4 Å². The summed E-state index contributed by atoms with van der Waals surface area (Å²) < 4.78 is 66.6. The quantitative estimate of drug-likeness (QED) is 0.739. The van der Waals surface area contributed by atoms with Crippen LogP contribution in [-0.2, 0) is 21.0 Å². The van der Waals surface area contributed by atoms with E-state index in [2.05, 4.69) is 4.98 Å². The molecule has 1 aromatic heterocycles. The van der Waals surface area contributed by atoms with E-state index in [1.165, 1.54) is 10.4 Å². The molecule has 0 radical (unpaired) electrons. The molecule has 2 heterocycles. The van der Waals surface area contributed by atoms with Gasteiger partial charge < -0.3 is 10.0 Å². The van der Waals surface area contributed by atoms with Crippen molar-refractivity contribution in [2.24, 2.45) is 0 Å². The van der Waals surface area contributed by atoms with Gasteiger partial charge in [0.15, 0.2) is 0 Å². The SMILES string of the molecule is CC1CN(S(=O)(=O)[C@@H]2CC(C(=O)O)c3ccccc32)CCN1c1ccc(C(F)(F)F)cn1. The Bertz CT molecular complexity index is 1120. The van der Waals surface area contributed by atoms with Crippen molar-refractivity contribution in [3.63, 3.8) is 0 Å². The third kappa shape index (κ3) is 3.95. The van der Waals surface area contributed by atoms with Gasteiger partial charge in [0.25, 0.3) is 0 Å². The summed E-state index contributed by atoms with van der Waals surface area (Å²) in [5.74, 6) is -1.58. The molecule has 7 nitrogen and oxygen atoms in total. The molecule has 0 spiro atoms. The Hall–Kier alpha value is -2.66. The van der Waals surface area contributed by atoms with E-state index in [-0.39, 0.29) is 32.1 Å². The lowest BCUT2D eigenvalue weighted by Crippen LogP contribution is -2.54. The smallest absolute Gasteiger partial charge is 0.417 e. The summed E-state index contributed by atoms with van der Waals surface area (Å²) in [6.45, 7) is 2.30. The lowest BCUT2D eigenvalue weighted by Gasteiger charge is -2.40. The van der Waals surface area contributed by atoms with Crippen LogP contribution in [0.2, 0.25) is 0 Å². The molecule has 0 amide bonds. The van der Waals surface area contributed by atoms with Crippen molar-refractivity contribution in [2.75, 3.05) is 24.5 Å². The number of hydrogen-bond donors (Lipinski definition) is 1. The number of alkyl halides is 3. The topological polar surface area (TPSA) is 90.8 Å². The molecule has 0 bridgehead atoms. The molecule has 1 aromatic carbocycles. The van der Waals surface area contributed by atoms with Crippen LogP contribution in [0.4, 0.5) is 19.0 Å². The maximum absolute atomic E-state index is 13.4. The van der Waals surface area contributed by atoms with E-state index >= 15 is 0 Å². The Kier molecular flexibility index (Phi) is 5.66. The Labute approximate surface area is 183 Å². The fraction of sp³-hybridized carbons (Fsp3) is 0.429. The number of anilines is 1. The minimum absolute atomic E-state index is 0.0218. The molecular formula is C21H22F3N3O4S. The van der Waals surface area contributed by atoms with Crippen LogP contribution in [0.1, 0.15) is 41.2 Å². The van der Waals surface area contributed by atoms with E-state index in [4.69, 9.17) is 0 Å². The minimum Gasteiger partial charge on any atom is -0.481 e. The second-order valence-corrected chi connectivity index (χ2v) is 10.2. The molecule has 2 aliphatic rings. The lowest BCUT2D eigenvalue weighted by molar-refractivity contribution is -0.139. The Balaban J connectivity index is 1.53. The number of benzene rings is 1. The average Bonchev–Trinajstić information content (AvgIpc) is 3.14. The Morgan fingerprint density at radius 2 is 1.81 bits per heavy atom. The van der Waals surface area contributed by atoms with E-state index in [0.29, 0.717) is 16.9 Å². The highest BCUT2D eigenvalue weighted by atomic mass is 32.2. The number of aromatic nitrogens is 1. The second kappa shape index (κ2) is 8.04. The van der Waals surface area contributed by atoms with Crippen molar-refractivity contribution in [1.29, 1.82) is 0 Å². The molecule has 2 unspecified atom stereocenters. The number of aliphatic carboxylic acids is 1. The van der Waals surface area contributed by atoms with Gasteiger partial charge in [-0.3, -0.25) is 4.79 Å². The maximum Gasteiger partial charge on any atom is 0.417 e. The van der Waals surface area contributed by atoms with Gasteiger partial charge in [-0.05, 0) is 36.6 Å². The van der Waals surface area contributed by atoms with Gasteiger partial charge in [-0.2, -0.15) is 17.5 Å². The molecule has 1 N–H and O–H groups in total. The van der Waals surface area contributed by atoms with Gasteiger partial charge in [0.05, 0.1) is 11.5 Å². The molecule has 4 rings (SSSR count). The zero-order valence-corrected chi connectivity index (χ0v) is 18.0. The molecule has 1 fully saturated rings. The van der Waals surface area contributed by atoms with E-state index < -0.39 is 38.9 Å². The van der Waals surface area contributed by atoms with Crippen LogP contribution in [0, 0.1) is 0 Å². The predicted octanol–water partition coefficient (Wildman–Crippen LogP) is 3.25. The molecule has 1 aliphatic carbocycles. The van der Waals surface area contributed by atoms with Gasteiger partial charge in [0.2, 0.25) is 10.0 Å². The molecule has 32 heavy (non-hydrogen) atoms. The fourth-order valence-corrected chi connectivity index (χ4v) is 6.60. The number of sulfonamides is 1. The third-order valence-electron chi connectivity index (χ3n) is 6.15. The van der Waals surface area contributed by atoms with Crippen LogP contribution in [0.15, 0.2) is 42.6 Å². The number of rotatable bonds is 4. The molecule has 1 aliphatic heterocycles. The summed E-state index contributed by atoms with van der Waals surface area (Å²) in [6, 6.07) is 8.62. The standard InChI is InChI=1S/C21H22F3N3O4S/c1-13-12-26(8-9-27(13)19-7-6-14(11-25-19)21(22,23)24)32(30,31)18-10-17(20(28)29)15-4-2-3-5-16(15)18/h2-7,11,13,17-18H,8-10,12H2,1H3,(H,28,29)/t13?,17?,18-/m1/s1. The highest BCUT2D eigenvalue weighted by molar-refractivity contribution is 7.89. The number of pyridine rings is 1. The number of carboxylic acid groups (broad SMARTS) is 1. The summed E-state index contributed by atoms with van der Waals surface area (Å²) in [5, 5.41) is 8.59. The summed E-state index contributed by atoms with van der Waals surface area (Å²) >= 11 is 0. The summed E-state index contributed by atoms with van der Waals surface area (Å²) in [5.41, 5.74) is 0.191. The third-order valence-corrected chi connectivity index (χ3v) is 8.36. The first-order valence-corrected chi connectivity index (χ1v) is 11.6. The van der Waals surface area contributed by atoms with E-state index in [1.807, 2.05) is 0 Å². The fourth-order valence-electron chi connectivity index (χ4n) is 4.50. The van der Waals surface area contributed by atoms with Crippen molar-refractivity contribution < 1.29 is 31.5 Å². The zero-order chi connectivity index (χ0) is 23.3. The van der Waals surface area contributed by atoms with E-state index in [0.717, 1.165) is 12.3 Å². The first-order chi connectivity index (χ1) is 15.0. The number of nitrogens with zero attached hydrogens (tertiary/aromatic N) is 3. The Morgan fingerprint density at radius 1 is 1.12 bits per heavy atom. The van der Waals surface area contributed by atoms with Gasteiger partial charge in [0, 0.05) is 31.9 Å².